The zero-order chi connectivity index (χ0) is 23.5. The van der Waals surface area contributed by atoms with Crippen LogP contribution in [0.5, 0.6) is 0 Å². The van der Waals surface area contributed by atoms with Crippen LogP contribution >= 0.6 is 24.0 Å². The Bertz CT molecular complexity index is 877. The molecule has 1 saturated heterocycles. The van der Waals surface area contributed by atoms with E-state index in [9.17, 15) is 4.79 Å². The van der Waals surface area contributed by atoms with Crippen molar-refractivity contribution in [2.75, 3.05) is 26.7 Å². The Labute approximate surface area is 222 Å². The summed E-state index contributed by atoms with van der Waals surface area (Å²) < 4.78 is 0. The summed E-state index contributed by atoms with van der Waals surface area (Å²) in [6.07, 6.45) is 2.57. The second-order valence-corrected chi connectivity index (χ2v) is 8.92. The summed E-state index contributed by atoms with van der Waals surface area (Å²) in [6.45, 7) is 8.35. The van der Waals surface area contributed by atoms with Crippen LogP contribution in [0.25, 0.3) is 0 Å². The van der Waals surface area contributed by atoms with Crippen molar-refractivity contribution in [1.29, 1.82) is 0 Å². The van der Waals surface area contributed by atoms with Gasteiger partial charge in [0.05, 0.1) is 6.54 Å². The lowest BCUT2D eigenvalue weighted by Gasteiger charge is -2.38. The number of halogens is 1. The fourth-order valence-electron chi connectivity index (χ4n) is 4.32. The molecule has 1 heterocycles. The predicted molar refractivity (Wildman–Crippen MR) is 151 cm³/mol. The third-order valence-corrected chi connectivity index (χ3v) is 6.21. The van der Waals surface area contributed by atoms with Crippen LogP contribution in [-0.4, -0.2) is 60.4 Å². The third-order valence-electron chi connectivity index (χ3n) is 6.21. The first-order valence-electron chi connectivity index (χ1n) is 12.2. The summed E-state index contributed by atoms with van der Waals surface area (Å²) in [5.74, 6) is 0.922. The summed E-state index contributed by atoms with van der Waals surface area (Å²) in [6, 6.07) is 21.7. The van der Waals surface area contributed by atoms with Gasteiger partial charge in [-0.15, -0.1) is 24.0 Å². The minimum absolute atomic E-state index is 0. The molecule has 34 heavy (non-hydrogen) atoms. The Balaban J connectivity index is 0.00000408. The van der Waals surface area contributed by atoms with E-state index in [4.69, 9.17) is 0 Å². The quantitative estimate of drug-likeness (QED) is 0.266. The van der Waals surface area contributed by atoms with Crippen molar-refractivity contribution in [3.8, 4) is 0 Å². The lowest BCUT2D eigenvalue weighted by atomic mass is 9.97. The fraction of sp³-hybridized carbons (Fsp3) is 0.481. The first kappa shape index (κ1) is 28.1. The molecule has 0 radical (unpaired) electrons. The standard InChI is InChI=1S/C27H39N5O.HI/c1-4-28-27(29-17-15-26(33)31(3)20-23-11-7-5-8-12-23)30-25-16-18-32(22(2)19-25)21-24-13-9-6-10-14-24;/h5-14,22,25H,4,15-21H2,1-3H3,(H2,28,29,30);1H. The highest BCUT2D eigenvalue weighted by Gasteiger charge is 2.26. The molecular weight excluding hydrogens is 537 g/mol. The van der Waals surface area contributed by atoms with Gasteiger partial charge in [-0.3, -0.25) is 14.7 Å². The molecule has 2 aromatic rings. The SMILES string of the molecule is CCNC(=NCCC(=O)N(C)Cc1ccccc1)NC1CCN(Cc2ccccc2)C(C)C1.I. The van der Waals surface area contributed by atoms with Gasteiger partial charge in [-0.25, -0.2) is 0 Å². The van der Waals surface area contributed by atoms with E-state index in [1.165, 1.54) is 5.56 Å². The van der Waals surface area contributed by atoms with Gasteiger partial charge in [0, 0.05) is 51.7 Å². The number of hydrogen-bond donors (Lipinski definition) is 2. The number of nitrogens with zero attached hydrogens (tertiary/aromatic N) is 3. The predicted octanol–water partition coefficient (Wildman–Crippen LogP) is 4.26. The molecule has 0 bridgehead atoms. The maximum atomic E-state index is 12.5. The molecular formula is C27H40IN5O. The Hall–Kier alpha value is -2.13. The van der Waals surface area contributed by atoms with Gasteiger partial charge in [-0.05, 0) is 37.8 Å². The molecule has 6 nitrogen and oxygen atoms in total. The fourth-order valence-corrected chi connectivity index (χ4v) is 4.32. The molecule has 7 heteroatoms. The van der Waals surface area contributed by atoms with Crippen molar-refractivity contribution in [2.24, 2.45) is 4.99 Å². The number of rotatable bonds is 9. The van der Waals surface area contributed by atoms with E-state index in [1.54, 1.807) is 4.90 Å². The van der Waals surface area contributed by atoms with Gasteiger partial charge < -0.3 is 15.5 Å². The Kier molecular flexibility index (Phi) is 12.4. The van der Waals surface area contributed by atoms with Gasteiger partial charge in [-0.2, -0.15) is 0 Å². The highest BCUT2D eigenvalue weighted by Crippen LogP contribution is 2.20. The topological polar surface area (TPSA) is 60.0 Å². The van der Waals surface area contributed by atoms with Crippen LogP contribution in [0.1, 0.15) is 44.2 Å². The van der Waals surface area contributed by atoms with Crippen LogP contribution in [0.4, 0.5) is 0 Å². The Morgan fingerprint density at radius 2 is 1.74 bits per heavy atom. The molecule has 0 aliphatic carbocycles. The first-order valence-corrected chi connectivity index (χ1v) is 12.2. The summed E-state index contributed by atoms with van der Waals surface area (Å²) in [5, 5.41) is 6.94. The molecule has 186 valence electrons. The van der Waals surface area contributed by atoms with Gasteiger partial charge >= 0.3 is 0 Å². The number of amides is 1. The number of benzene rings is 2. The molecule has 0 spiro atoms. The summed E-state index contributed by atoms with van der Waals surface area (Å²) in [4.78, 5) is 21.5. The Morgan fingerprint density at radius 3 is 2.35 bits per heavy atom. The molecule has 2 N–H and O–H groups in total. The molecule has 1 amide bonds. The molecule has 1 aliphatic rings. The molecule has 1 aliphatic heterocycles. The number of hydrogen-bond acceptors (Lipinski definition) is 3. The van der Waals surface area contributed by atoms with E-state index in [-0.39, 0.29) is 29.9 Å². The lowest BCUT2D eigenvalue weighted by molar-refractivity contribution is -0.130. The minimum atomic E-state index is 0. The van der Waals surface area contributed by atoms with Crippen LogP contribution in [-0.2, 0) is 17.9 Å². The number of nitrogens with one attached hydrogen (secondary N) is 2. The maximum Gasteiger partial charge on any atom is 0.224 e. The van der Waals surface area contributed by atoms with E-state index in [1.807, 2.05) is 37.4 Å². The minimum Gasteiger partial charge on any atom is -0.357 e. The normalized spacial score (nSPS) is 18.6. The van der Waals surface area contributed by atoms with Crippen molar-refractivity contribution in [1.82, 2.24) is 20.4 Å². The lowest BCUT2D eigenvalue weighted by Crippen LogP contribution is -2.51. The summed E-state index contributed by atoms with van der Waals surface area (Å²) in [7, 11) is 1.85. The van der Waals surface area contributed by atoms with E-state index < -0.39 is 0 Å². The van der Waals surface area contributed by atoms with Crippen molar-refractivity contribution >= 4 is 35.8 Å². The number of piperidine rings is 1. The highest BCUT2D eigenvalue weighted by molar-refractivity contribution is 14.0. The van der Waals surface area contributed by atoms with Gasteiger partial charge in [-0.1, -0.05) is 60.7 Å². The van der Waals surface area contributed by atoms with Crippen molar-refractivity contribution in [2.45, 2.75) is 58.3 Å². The summed E-state index contributed by atoms with van der Waals surface area (Å²) >= 11 is 0. The molecule has 2 aromatic carbocycles. The second kappa shape index (κ2) is 15.0. The molecule has 2 unspecified atom stereocenters. The largest absolute Gasteiger partial charge is 0.357 e. The molecule has 1 fully saturated rings. The zero-order valence-corrected chi connectivity index (χ0v) is 23.1. The maximum absolute atomic E-state index is 12.5. The first-order chi connectivity index (χ1) is 16.0. The number of carbonyl (C=O) groups excluding carboxylic acids is 1. The van der Waals surface area contributed by atoms with Crippen LogP contribution < -0.4 is 10.6 Å². The average molecular weight is 578 g/mol. The molecule has 2 atom stereocenters. The van der Waals surface area contributed by atoms with Gasteiger partial charge in [0.1, 0.15) is 0 Å². The molecule has 0 saturated carbocycles. The van der Waals surface area contributed by atoms with Gasteiger partial charge in [0.15, 0.2) is 5.96 Å². The van der Waals surface area contributed by atoms with Gasteiger partial charge in [0.25, 0.3) is 0 Å². The summed E-state index contributed by atoms with van der Waals surface area (Å²) in [5.41, 5.74) is 2.51. The number of guanidine groups is 1. The van der Waals surface area contributed by atoms with Crippen molar-refractivity contribution in [3.05, 3.63) is 71.8 Å². The van der Waals surface area contributed by atoms with Crippen LogP contribution in [0.15, 0.2) is 65.7 Å². The second-order valence-electron chi connectivity index (χ2n) is 8.92. The van der Waals surface area contributed by atoms with E-state index in [0.29, 0.717) is 31.6 Å². The van der Waals surface area contributed by atoms with E-state index in [2.05, 4.69) is 64.7 Å². The monoisotopic (exact) mass is 577 g/mol. The average Bonchev–Trinajstić information content (AvgIpc) is 2.82. The Morgan fingerprint density at radius 1 is 1.09 bits per heavy atom. The van der Waals surface area contributed by atoms with Crippen LogP contribution in [0.3, 0.4) is 0 Å². The number of aliphatic imine (C=N–C) groups is 1. The number of carbonyl (C=O) groups is 1. The van der Waals surface area contributed by atoms with Crippen molar-refractivity contribution in [3.63, 3.8) is 0 Å². The molecule has 0 aromatic heterocycles. The number of likely N-dealkylation sites (tertiary alicyclic amines) is 1. The van der Waals surface area contributed by atoms with E-state index in [0.717, 1.165) is 44.0 Å². The third kappa shape index (κ3) is 9.25. The van der Waals surface area contributed by atoms with Crippen LogP contribution in [0, 0.1) is 0 Å². The highest BCUT2D eigenvalue weighted by atomic mass is 127. The van der Waals surface area contributed by atoms with Gasteiger partial charge in [0.2, 0.25) is 5.91 Å². The van der Waals surface area contributed by atoms with E-state index >= 15 is 0 Å². The zero-order valence-electron chi connectivity index (χ0n) is 20.7. The molecule has 3 rings (SSSR count). The van der Waals surface area contributed by atoms with Crippen molar-refractivity contribution < 1.29 is 4.79 Å². The smallest absolute Gasteiger partial charge is 0.224 e. The van der Waals surface area contributed by atoms with Crippen LogP contribution in [0.2, 0.25) is 0 Å².